The van der Waals surface area contributed by atoms with Crippen LogP contribution in [-0.2, 0) is 0 Å². The summed E-state index contributed by atoms with van der Waals surface area (Å²) in [5.41, 5.74) is 7.87. The Labute approximate surface area is 120 Å². The predicted octanol–water partition coefficient (Wildman–Crippen LogP) is 2.36. The van der Waals surface area contributed by atoms with Crippen molar-refractivity contribution in [2.24, 2.45) is 0 Å². The highest BCUT2D eigenvalue weighted by Gasteiger charge is 2.22. The van der Waals surface area contributed by atoms with Gasteiger partial charge in [-0.15, -0.1) is 11.3 Å². The van der Waals surface area contributed by atoms with Gasteiger partial charge in [0.05, 0.1) is 12.2 Å². The maximum Gasteiger partial charge on any atom is 0.149 e. The number of aliphatic hydroxyl groups excluding tert-OH is 1. The van der Waals surface area contributed by atoms with E-state index in [4.69, 9.17) is 5.73 Å². The van der Waals surface area contributed by atoms with Crippen LogP contribution < -0.4 is 10.6 Å². The molecule has 0 atom stereocenters. The average molecular weight is 298 g/mol. The van der Waals surface area contributed by atoms with Crippen molar-refractivity contribution in [3.05, 3.63) is 11.1 Å². The molecule has 2 heterocycles. The van der Waals surface area contributed by atoms with Crippen molar-refractivity contribution in [2.45, 2.75) is 26.8 Å². The van der Waals surface area contributed by atoms with Gasteiger partial charge < -0.3 is 15.7 Å². The number of aryl methyl sites for hydroxylation is 1. The van der Waals surface area contributed by atoms with E-state index in [1.165, 1.54) is 11.5 Å². The molecule has 0 spiro atoms. The van der Waals surface area contributed by atoms with Gasteiger partial charge >= 0.3 is 0 Å². The van der Waals surface area contributed by atoms with E-state index in [1.54, 1.807) is 11.3 Å². The molecule has 19 heavy (non-hydrogen) atoms. The van der Waals surface area contributed by atoms with Crippen molar-refractivity contribution in [1.82, 2.24) is 9.36 Å². The summed E-state index contributed by atoms with van der Waals surface area (Å²) in [5, 5.41) is 13.1. The first kappa shape index (κ1) is 14.2. The van der Waals surface area contributed by atoms with E-state index < -0.39 is 0 Å². The van der Waals surface area contributed by atoms with Gasteiger partial charge in [-0.05, 0) is 32.3 Å². The molecule has 0 radical (unpaired) electrons. The van der Waals surface area contributed by atoms with Crippen molar-refractivity contribution in [3.8, 4) is 10.6 Å². The van der Waals surface area contributed by atoms with Crippen LogP contribution in [-0.4, -0.2) is 33.7 Å². The quantitative estimate of drug-likeness (QED) is 0.886. The SMILES string of the molecule is Cc1csc(-c2c(N)nsc2N(CCO)C(C)C)n1. The molecule has 104 valence electrons. The Morgan fingerprint density at radius 3 is 2.74 bits per heavy atom. The van der Waals surface area contributed by atoms with Crippen molar-refractivity contribution >= 4 is 33.7 Å². The van der Waals surface area contributed by atoms with E-state index >= 15 is 0 Å². The Morgan fingerprint density at radius 1 is 1.47 bits per heavy atom. The van der Waals surface area contributed by atoms with Crippen LogP contribution in [0.15, 0.2) is 5.38 Å². The van der Waals surface area contributed by atoms with Crippen LogP contribution in [0.4, 0.5) is 10.8 Å². The van der Waals surface area contributed by atoms with E-state index in [0.717, 1.165) is 21.3 Å². The summed E-state index contributed by atoms with van der Waals surface area (Å²) >= 11 is 2.93. The molecule has 0 aliphatic carbocycles. The molecular formula is C12H18N4OS2. The number of aromatic nitrogens is 2. The van der Waals surface area contributed by atoms with Crippen molar-refractivity contribution in [2.75, 3.05) is 23.8 Å². The monoisotopic (exact) mass is 298 g/mol. The lowest BCUT2D eigenvalue weighted by Crippen LogP contribution is -2.33. The highest BCUT2D eigenvalue weighted by atomic mass is 32.1. The molecule has 0 unspecified atom stereocenters. The molecule has 2 rings (SSSR count). The van der Waals surface area contributed by atoms with E-state index in [2.05, 4.69) is 28.1 Å². The summed E-state index contributed by atoms with van der Waals surface area (Å²) in [6.45, 7) is 6.80. The molecule has 7 heteroatoms. The summed E-state index contributed by atoms with van der Waals surface area (Å²) in [4.78, 5) is 6.60. The zero-order valence-corrected chi connectivity index (χ0v) is 12.9. The van der Waals surface area contributed by atoms with Gasteiger partial charge in [-0.2, -0.15) is 4.37 Å². The number of nitrogens with two attached hydrogens (primary N) is 1. The Balaban J connectivity index is 2.47. The predicted molar refractivity (Wildman–Crippen MR) is 81.9 cm³/mol. The fourth-order valence-corrected chi connectivity index (χ4v) is 3.75. The van der Waals surface area contributed by atoms with Gasteiger partial charge in [0, 0.05) is 23.7 Å². The molecule has 0 saturated heterocycles. The van der Waals surface area contributed by atoms with Crippen molar-refractivity contribution in [1.29, 1.82) is 0 Å². The molecule has 3 N–H and O–H groups in total. The third-order valence-corrected chi connectivity index (χ3v) is 4.64. The Kier molecular flexibility index (Phi) is 4.38. The van der Waals surface area contributed by atoms with Crippen LogP contribution in [0.2, 0.25) is 0 Å². The number of nitrogen functional groups attached to an aromatic ring is 1. The van der Waals surface area contributed by atoms with Crippen LogP contribution in [0.25, 0.3) is 10.6 Å². The highest BCUT2D eigenvalue weighted by Crippen LogP contribution is 2.41. The molecule has 5 nitrogen and oxygen atoms in total. The average Bonchev–Trinajstić information content (AvgIpc) is 2.92. The second kappa shape index (κ2) is 5.85. The van der Waals surface area contributed by atoms with E-state index in [9.17, 15) is 5.11 Å². The molecule has 0 saturated carbocycles. The summed E-state index contributed by atoms with van der Waals surface area (Å²) < 4.78 is 4.25. The van der Waals surface area contributed by atoms with Crippen LogP contribution in [0.1, 0.15) is 19.5 Å². The minimum absolute atomic E-state index is 0.103. The molecule has 0 aromatic carbocycles. The maximum atomic E-state index is 9.22. The molecular weight excluding hydrogens is 280 g/mol. The Morgan fingerprint density at radius 2 is 2.21 bits per heavy atom. The summed E-state index contributed by atoms with van der Waals surface area (Å²) in [7, 11) is 0. The first-order valence-corrected chi connectivity index (χ1v) is 7.75. The third-order valence-electron chi connectivity index (χ3n) is 2.76. The van der Waals surface area contributed by atoms with Gasteiger partial charge in [-0.1, -0.05) is 0 Å². The van der Waals surface area contributed by atoms with E-state index in [0.29, 0.717) is 12.4 Å². The van der Waals surface area contributed by atoms with E-state index in [-0.39, 0.29) is 12.6 Å². The number of aliphatic hydroxyl groups is 1. The van der Waals surface area contributed by atoms with Gasteiger partial charge in [0.25, 0.3) is 0 Å². The number of thiazole rings is 1. The van der Waals surface area contributed by atoms with Gasteiger partial charge in [0.15, 0.2) is 0 Å². The second-order valence-electron chi connectivity index (χ2n) is 4.55. The first-order valence-electron chi connectivity index (χ1n) is 6.09. The van der Waals surface area contributed by atoms with Crippen LogP contribution in [0.5, 0.6) is 0 Å². The Hall–Kier alpha value is -1.18. The van der Waals surface area contributed by atoms with Gasteiger partial charge in [-0.3, -0.25) is 0 Å². The molecule has 0 fully saturated rings. The van der Waals surface area contributed by atoms with E-state index in [1.807, 2.05) is 12.3 Å². The van der Waals surface area contributed by atoms with Crippen LogP contribution in [0, 0.1) is 6.92 Å². The molecule has 0 aliphatic heterocycles. The van der Waals surface area contributed by atoms with Crippen molar-refractivity contribution < 1.29 is 5.11 Å². The summed E-state index contributed by atoms with van der Waals surface area (Å²) in [6, 6.07) is 0.270. The normalized spacial score (nSPS) is 11.2. The third kappa shape index (κ3) is 2.88. The summed E-state index contributed by atoms with van der Waals surface area (Å²) in [5.74, 6) is 0.512. The van der Waals surface area contributed by atoms with Crippen LogP contribution >= 0.6 is 22.9 Å². The number of hydrogen-bond donors (Lipinski definition) is 2. The Bertz CT molecular complexity index is 550. The molecule has 2 aromatic rings. The second-order valence-corrected chi connectivity index (χ2v) is 6.16. The minimum Gasteiger partial charge on any atom is -0.395 e. The molecule has 0 amide bonds. The zero-order chi connectivity index (χ0) is 14.0. The number of nitrogens with zero attached hydrogens (tertiary/aromatic N) is 3. The fourth-order valence-electron chi connectivity index (χ4n) is 1.86. The molecule has 0 bridgehead atoms. The standard InChI is InChI=1S/C12H18N4OS2/c1-7(2)16(4-5-17)12-9(10(13)15-19-12)11-14-8(3)6-18-11/h6-7,17H,4-5H2,1-3H3,(H2,13,15). The maximum absolute atomic E-state index is 9.22. The lowest BCUT2D eigenvalue weighted by molar-refractivity contribution is 0.299. The fraction of sp³-hybridized carbons (Fsp3) is 0.500. The highest BCUT2D eigenvalue weighted by molar-refractivity contribution is 7.15. The number of rotatable bonds is 5. The number of hydrogen-bond acceptors (Lipinski definition) is 7. The molecule has 0 aliphatic rings. The lowest BCUT2D eigenvalue weighted by Gasteiger charge is -2.27. The van der Waals surface area contributed by atoms with Gasteiger partial charge in [-0.25, -0.2) is 4.98 Å². The topological polar surface area (TPSA) is 75.3 Å². The molecule has 2 aromatic heterocycles. The lowest BCUT2D eigenvalue weighted by atomic mass is 10.2. The van der Waals surface area contributed by atoms with Crippen molar-refractivity contribution in [3.63, 3.8) is 0 Å². The summed E-state index contributed by atoms with van der Waals surface area (Å²) in [6.07, 6.45) is 0. The number of anilines is 2. The smallest absolute Gasteiger partial charge is 0.149 e. The van der Waals surface area contributed by atoms with Gasteiger partial charge in [0.1, 0.15) is 15.8 Å². The largest absolute Gasteiger partial charge is 0.395 e. The minimum atomic E-state index is 0.103. The van der Waals surface area contributed by atoms with Crippen LogP contribution in [0.3, 0.4) is 0 Å². The first-order chi connectivity index (χ1) is 9.04. The van der Waals surface area contributed by atoms with Gasteiger partial charge in [0.2, 0.25) is 0 Å². The zero-order valence-electron chi connectivity index (χ0n) is 11.3.